The molecule has 0 radical (unpaired) electrons. The normalized spacial score (nSPS) is 19.5. The second-order valence-electron chi connectivity index (χ2n) is 5.32. The van der Waals surface area contributed by atoms with E-state index >= 15 is 0 Å². The van der Waals surface area contributed by atoms with Crippen LogP contribution in [0.5, 0.6) is 5.88 Å². The smallest absolute Gasteiger partial charge is 0.237 e. The molecule has 0 saturated heterocycles. The summed E-state index contributed by atoms with van der Waals surface area (Å²) >= 11 is 0. The highest BCUT2D eigenvalue weighted by atomic mass is 16.5. The van der Waals surface area contributed by atoms with Crippen LogP contribution >= 0.6 is 0 Å². The number of hydrogen-bond donors (Lipinski definition) is 1. The molecule has 1 unspecified atom stereocenters. The molecule has 0 spiro atoms. The van der Waals surface area contributed by atoms with E-state index in [1.54, 1.807) is 19.5 Å². The molecule has 1 fully saturated rings. The van der Waals surface area contributed by atoms with Crippen molar-refractivity contribution < 1.29 is 4.74 Å². The highest BCUT2D eigenvalue weighted by Gasteiger charge is 2.26. The molecule has 1 atom stereocenters. The van der Waals surface area contributed by atoms with Crippen LogP contribution in [-0.2, 0) is 0 Å². The monoisotopic (exact) mass is 263 g/mol. The van der Waals surface area contributed by atoms with Crippen molar-refractivity contribution in [2.75, 3.05) is 14.2 Å². The van der Waals surface area contributed by atoms with E-state index in [4.69, 9.17) is 4.74 Å². The van der Waals surface area contributed by atoms with Crippen molar-refractivity contribution in [3.05, 3.63) is 18.1 Å². The van der Waals surface area contributed by atoms with Gasteiger partial charge in [0.15, 0.2) is 0 Å². The van der Waals surface area contributed by atoms with E-state index in [9.17, 15) is 0 Å². The lowest BCUT2D eigenvalue weighted by molar-refractivity contribution is 0.284. The van der Waals surface area contributed by atoms with E-state index in [0.29, 0.717) is 11.8 Å². The first-order valence-electron chi connectivity index (χ1n) is 7.39. The summed E-state index contributed by atoms with van der Waals surface area (Å²) in [4.78, 5) is 8.78. The first kappa shape index (κ1) is 14.3. The Labute approximate surface area is 116 Å². The number of nitrogens with one attached hydrogen (secondary N) is 1. The zero-order valence-electron chi connectivity index (χ0n) is 12.1. The van der Waals surface area contributed by atoms with Gasteiger partial charge in [0.05, 0.1) is 13.2 Å². The fourth-order valence-electron chi connectivity index (χ4n) is 3.12. The van der Waals surface area contributed by atoms with Crippen molar-refractivity contribution in [3.63, 3.8) is 0 Å². The third kappa shape index (κ3) is 3.66. The Morgan fingerprint density at radius 1 is 1.11 bits per heavy atom. The van der Waals surface area contributed by atoms with Gasteiger partial charge in [0.25, 0.3) is 0 Å². The molecule has 0 amide bonds. The van der Waals surface area contributed by atoms with Crippen molar-refractivity contribution >= 4 is 0 Å². The van der Waals surface area contributed by atoms with Crippen molar-refractivity contribution in [2.24, 2.45) is 5.92 Å². The van der Waals surface area contributed by atoms with Crippen LogP contribution in [-0.4, -0.2) is 24.1 Å². The molecule has 1 N–H and O–H groups in total. The van der Waals surface area contributed by atoms with E-state index in [-0.39, 0.29) is 6.04 Å². The minimum atomic E-state index is 0.252. The van der Waals surface area contributed by atoms with Crippen molar-refractivity contribution in [1.29, 1.82) is 0 Å². The Morgan fingerprint density at radius 2 is 1.74 bits per heavy atom. The van der Waals surface area contributed by atoms with Gasteiger partial charge in [-0.05, 0) is 25.8 Å². The molecule has 1 aromatic rings. The minimum absolute atomic E-state index is 0.252. The lowest BCUT2D eigenvalue weighted by atomic mass is 9.84. The van der Waals surface area contributed by atoms with Gasteiger partial charge in [-0.1, -0.05) is 32.1 Å². The standard InChI is InChI=1S/C15H25N3O/c1-16-13(12-8-6-4-3-5-7-9-12)14-15(19-2)18-11-10-17-14/h10-13,16H,3-9H2,1-2H3. The lowest BCUT2D eigenvalue weighted by Crippen LogP contribution is -2.27. The maximum absolute atomic E-state index is 5.36. The summed E-state index contributed by atoms with van der Waals surface area (Å²) in [5.74, 6) is 1.29. The topological polar surface area (TPSA) is 47.0 Å². The van der Waals surface area contributed by atoms with Crippen LogP contribution in [0.25, 0.3) is 0 Å². The van der Waals surface area contributed by atoms with Gasteiger partial charge in [-0.2, -0.15) is 0 Å². The maximum Gasteiger partial charge on any atom is 0.237 e. The SMILES string of the molecule is CNC(c1nccnc1OC)C1CCCCCCC1. The molecule has 1 aliphatic carbocycles. The zero-order valence-corrected chi connectivity index (χ0v) is 12.1. The minimum Gasteiger partial charge on any atom is -0.480 e. The van der Waals surface area contributed by atoms with E-state index in [0.717, 1.165) is 5.69 Å². The molecule has 1 aliphatic rings. The number of rotatable bonds is 4. The summed E-state index contributed by atoms with van der Waals surface area (Å²) < 4.78 is 5.36. The maximum atomic E-state index is 5.36. The highest BCUT2D eigenvalue weighted by molar-refractivity contribution is 5.22. The van der Waals surface area contributed by atoms with Crippen LogP contribution in [0.3, 0.4) is 0 Å². The van der Waals surface area contributed by atoms with Crippen LogP contribution in [0, 0.1) is 5.92 Å². The van der Waals surface area contributed by atoms with Crippen LogP contribution in [0.4, 0.5) is 0 Å². The molecule has 0 aromatic carbocycles. The summed E-state index contributed by atoms with van der Waals surface area (Å²) in [6.45, 7) is 0. The zero-order chi connectivity index (χ0) is 13.5. The fourth-order valence-corrected chi connectivity index (χ4v) is 3.12. The molecule has 19 heavy (non-hydrogen) atoms. The van der Waals surface area contributed by atoms with Gasteiger partial charge < -0.3 is 10.1 Å². The van der Waals surface area contributed by atoms with E-state index in [1.807, 2.05) is 7.05 Å². The third-order valence-electron chi connectivity index (χ3n) is 4.11. The average Bonchev–Trinajstić information content (AvgIpc) is 2.42. The first-order chi connectivity index (χ1) is 9.36. The second-order valence-corrected chi connectivity index (χ2v) is 5.32. The van der Waals surface area contributed by atoms with Crippen LogP contribution in [0.1, 0.15) is 56.7 Å². The van der Waals surface area contributed by atoms with E-state index < -0.39 is 0 Å². The molecule has 106 valence electrons. The van der Waals surface area contributed by atoms with Gasteiger partial charge in [0.1, 0.15) is 5.69 Å². The number of aromatic nitrogens is 2. The third-order valence-corrected chi connectivity index (χ3v) is 4.11. The van der Waals surface area contributed by atoms with Gasteiger partial charge in [0, 0.05) is 12.4 Å². The van der Waals surface area contributed by atoms with Gasteiger partial charge in [-0.3, -0.25) is 4.98 Å². The second kappa shape index (κ2) is 7.43. The quantitative estimate of drug-likeness (QED) is 0.906. The predicted octanol–water partition coefficient (Wildman–Crippen LogP) is 3.11. The molecule has 1 heterocycles. The van der Waals surface area contributed by atoms with Crippen LogP contribution < -0.4 is 10.1 Å². The van der Waals surface area contributed by atoms with Gasteiger partial charge in [0.2, 0.25) is 5.88 Å². The molecule has 0 bridgehead atoms. The summed E-state index contributed by atoms with van der Waals surface area (Å²) in [7, 11) is 3.68. The van der Waals surface area contributed by atoms with Crippen LogP contribution in [0.2, 0.25) is 0 Å². The first-order valence-corrected chi connectivity index (χ1v) is 7.39. The molecular weight excluding hydrogens is 238 g/mol. The average molecular weight is 263 g/mol. The van der Waals surface area contributed by atoms with E-state index in [2.05, 4.69) is 15.3 Å². The molecule has 4 nitrogen and oxygen atoms in total. The predicted molar refractivity (Wildman–Crippen MR) is 76.2 cm³/mol. The summed E-state index contributed by atoms with van der Waals surface area (Å²) in [6.07, 6.45) is 12.8. The highest BCUT2D eigenvalue weighted by Crippen LogP contribution is 2.34. The van der Waals surface area contributed by atoms with Crippen LogP contribution in [0.15, 0.2) is 12.4 Å². The number of hydrogen-bond acceptors (Lipinski definition) is 4. The molecule has 2 rings (SSSR count). The Kier molecular flexibility index (Phi) is 5.58. The van der Waals surface area contributed by atoms with Gasteiger partial charge in [-0.25, -0.2) is 4.98 Å². The Morgan fingerprint density at radius 3 is 2.37 bits per heavy atom. The molecule has 1 saturated carbocycles. The fraction of sp³-hybridized carbons (Fsp3) is 0.733. The largest absolute Gasteiger partial charge is 0.480 e. The Hall–Kier alpha value is -1.16. The summed E-state index contributed by atoms with van der Waals surface area (Å²) in [5, 5.41) is 3.43. The van der Waals surface area contributed by atoms with Crippen molar-refractivity contribution in [2.45, 2.75) is 51.0 Å². The van der Waals surface area contributed by atoms with Gasteiger partial charge in [-0.15, -0.1) is 0 Å². The molecule has 1 aromatic heterocycles. The molecule has 4 heteroatoms. The number of ether oxygens (including phenoxy) is 1. The molecule has 0 aliphatic heterocycles. The number of nitrogens with zero attached hydrogens (tertiary/aromatic N) is 2. The Bertz CT molecular complexity index is 375. The van der Waals surface area contributed by atoms with Gasteiger partial charge >= 0.3 is 0 Å². The number of methoxy groups -OCH3 is 1. The lowest BCUT2D eigenvalue weighted by Gasteiger charge is -2.28. The summed E-state index contributed by atoms with van der Waals surface area (Å²) in [6, 6.07) is 0.252. The molecular formula is C15H25N3O. The summed E-state index contributed by atoms with van der Waals surface area (Å²) in [5.41, 5.74) is 0.957. The van der Waals surface area contributed by atoms with Crippen molar-refractivity contribution in [3.8, 4) is 5.88 Å². The van der Waals surface area contributed by atoms with E-state index in [1.165, 1.54) is 44.9 Å². The Balaban J connectivity index is 2.17. The van der Waals surface area contributed by atoms with Crippen molar-refractivity contribution in [1.82, 2.24) is 15.3 Å².